The Morgan fingerprint density at radius 3 is 1.83 bits per heavy atom. The third-order valence-electron chi connectivity index (χ3n) is 0.596. The van der Waals surface area contributed by atoms with E-state index in [2.05, 4.69) is 4.18 Å². The van der Waals surface area contributed by atoms with Crippen LogP contribution in [0.25, 0.3) is 0 Å². The molecule has 4 heteroatoms. The molecule has 3 nitrogen and oxygen atoms in total. The molecule has 1 aliphatic heterocycles. The van der Waals surface area contributed by atoms with E-state index in [1.807, 2.05) is 0 Å². The molecule has 1 saturated heterocycles. The maximum atomic E-state index is 9.86. The molecule has 0 atom stereocenters. The van der Waals surface area contributed by atoms with E-state index < -0.39 is 10.1 Å². The van der Waals surface area contributed by atoms with Gasteiger partial charge in [-0.3, -0.25) is 4.18 Å². The zero-order chi connectivity index (χ0) is 4.62. The van der Waals surface area contributed by atoms with Crippen LogP contribution in [-0.2, 0) is 14.3 Å². The molecule has 0 unspecified atom stereocenters. The molecule has 0 saturated carbocycles. The molecule has 1 heterocycles. The van der Waals surface area contributed by atoms with Gasteiger partial charge in [0.2, 0.25) is 0 Å². The lowest BCUT2D eigenvalue weighted by Gasteiger charge is -2.10. The van der Waals surface area contributed by atoms with Crippen LogP contribution in [0, 0.1) is 0 Å². The van der Waals surface area contributed by atoms with Crippen LogP contribution in [0.1, 0.15) is 0 Å². The van der Waals surface area contributed by atoms with Crippen molar-refractivity contribution in [1.29, 1.82) is 0 Å². The van der Waals surface area contributed by atoms with Crippen molar-refractivity contribution in [3.8, 4) is 0 Å². The predicted octanol–water partition coefficient (Wildman–Crippen LogP) is -0.654. The van der Waals surface area contributed by atoms with Gasteiger partial charge in [0.05, 0.1) is 6.61 Å². The van der Waals surface area contributed by atoms with Gasteiger partial charge in [-0.25, -0.2) is 0 Å². The first kappa shape index (κ1) is 4.08. The summed E-state index contributed by atoms with van der Waals surface area (Å²) in [4.78, 5) is 0. The largest absolute Gasteiger partial charge is 0.269 e. The SMILES string of the molecule is O=S1(=O)CCO1. The summed E-state index contributed by atoms with van der Waals surface area (Å²) in [6, 6.07) is 0. The van der Waals surface area contributed by atoms with Crippen LogP contribution in [0.3, 0.4) is 0 Å². The van der Waals surface area contributed by atoms with E-state index in [0.717, 1.165) is 0 Å². The topological polar surface area (TPSA) is 43.4 Å². The zero-order valence-electron chi connectivity index (χ0n) is 3.05. The van der Waals surface area contributed by atoms with Crippen LogP contribution >= 0.6 is 0 Å². The summed E-state index contributed by atoms with van der Waals surface area (Å²) in [5.74, 6) is 0.201. The van der Waals surface area contributed by atoms with E-state index in [4.69, 9.17) is 0 Å². The fourth-order valence-electron chi connectivity index (χ4n) is 0.219. The third kappa shape index (κ3) is 0.529. The van der Waals surface area contributed by atoms with Gasteiger partial charge in [-0.15, -0.1) is 0 Å². The van der Waals surface area contributed by atoms with Crippen LogP contribution in [-0.4, -0.2) is 20.8 Å². The lowest BCUT2D eigenvalue weighted by molar-refractivity contribution is 0.287. The Kier molecular flexibility index (Phi) is 0.643. The van der Waals surface area contributed by atoms with Gasteiger partial charge >= 0.3 is 0 Å². The predicted molar refractivity (Wildman–Crippen MR) is 19.7 cm³/mol. The average molecular weight is 108 g/mol. The molecule has 0 bridgehead atoms. The fraction of sp³-hybridized carbons (Fsp3) is 1.00. The summed E-state index contributed by atoms with van der Waals surface area (Å²) >= 11 is 0. The number of hydrogen-bond donors (Lipinski definition) is 0. The summed E-state index contributed by atoms with van der Waals surface area (Å²) in [6.07, 6.45) is 0. The second-order valence-electron chi connectivity index (χ2n) is 1.08. The molecule has 0 aromatic carbocycles. The average Bonchev–Trinajstić information content (AvgIpc) is 1.32. The first-order chi connectivity index (χ1) is 2.71. The van der Waals surface area contributed by atoms with Crippen molar-refractivity contribution < 1.29 is 12.6 Å². The minimum absolute atomic E-state index is 0.201. The van der Waals surface area contributed by atoms with Crippen LogP contribution in [0.4, 0.5) is 0 Å². The molecule has 0 amide bonds. The fourth-order valence-corrected chi connectivity index (χ4v) is 0.658. The number of hydrogen-bond acceptors (Lipinski definition) is 3. The van der Waals surface area contributed by atoms with Gasteiger partial charge in [0.1, 0.15) is 5.75 Å². The van der Waals surface area contributed by atoms with E-state index in [-0.39, 0.29) is 5.75 Å². The summed E-state index contributed by atoms with van der Waals surface area (Å²) in [5, 5.41) is 0. The van der Waals surface area contributed by atoms with E-state index in [1.54, 1.807) is 0 Å². The van der Waals surface area contributed by atoms with Crippen LogP contribution in [0.15, 0.2) is 0 Å². The Hall–Kier alpha value is -0.0900. The van der Waals surface area contributed by atoms with E-state index in [0.29, 0.717) is 6.61 Å². The third-order valence-corrected chi connectivity index (χ3v) is 1.79. The van der Waals surface area contributed by atoms with Crippen LogP contribution < -0.4 is 0 Å². The van der Waals surface area contributed by atoms with Crippen LogP contribution in [0.2, 0.25) is 0 Å². The van der Waals surface area contributed by atoms with Gasteiger partial charge in [-0.1, -0.05) is 0 Å². The summed E-state index contributed by atoms with van der Waals surface area (Å²) in [7, 11) is -2.98. The highest BCUT2D eigenvalue weighted by molar-refractivity contribution is 7.87. The van der Waals surface area contributed by atoms with E-state index >= 15 is 0 Å². The molecular formula is C2H4O3S. The van der Waals surface area contributed by atoms with Crippen molar-refractivity contribution in [2.75, 3.05) is 12.4 Å². The maximum absolute atomic E-state index is 9.86. The molecular weight excluding hydrogens is 104 g/mol. The lowest BCUT2D eigenvalue weighted by Crippen LogP contribution is -2.26. The standard InChI is InChI=1S/C2H4O3S/c3-6(4)2-1-5-6/h1-2H2. The first-order valence-corrected chi connectivity index (χ1v) is 3.15. The van der Waals surface area contributed by atoms with Crippen molar-refractivity contribution in [2.24, 2.45) is 0 Å². The van der Waals surface area contributed by atoms with Gasteiger partial charge in [-0.2, -0.15) is 8.42 Å². The number of rotatable bonds is 0. The summed E-state index contributed by atoms with van der Waals surface area (Å²) in [6.45, 7) is 0.377. The highest BCUT2D eigenvalue weighted by atomic mass is 32.2. The molecule has 0 aromatic heterocycles. The Morgan fingerprint density at radius 1 is 1.50 bits per heavy atom. The van der Waals surface area contributed by atoms with Crippen molar-refractivity contribution >= 4 is 10.1 Å². The van der Waals surface area contributed by atoms with Gasteiger partial charge in [0.25, 0.3) is 10.1 Å². The van der Waals surface area contributed by atoms with Gasteiger partial charge in [0, 0.05) is 0 Å². The van der Waals surface area contributed by atoms with Gasteiger partial charge in [0.15, 0.2) is 0 Å². The van der Waals surface area contributed by atoms with Crippen molar-refractivity contribution in [2.45, 2.75) is 0 Å². The Labute approximate surface area is 36.0 Å². The minimum Gasteiger partial charge on any atom is -0.269 e. The van der Waals surface area contributed by atoms with Crippen molar-refractivity contribution in [3.63, 3.8) is 0 Å². The quantitative estimate of drug-likeness (QED) is 0.387. The zero-order valence-corrected chi connectivity index (χ0v) is 3.86. The highest BCUT2D eigenvalue weighted by Crippen LogP contribution is 2.02. The second-order valence-corrected chi connectivity index (χ2v) is 2.84. The smallest absolute Gasteiger partial charge is 0.269 e. The first-order valence-electron chi connectivity index (χ1n) is 1.58. The van der Waals surface area contributed by atoms with Crippen molar-refractivity contribution in [1.82, 2.24) is 0 Å². The molecule has 0 aromatic rings. The normalized spacial score (nSPS) is 28.7. The Balaban J connectivity index is 2.78. The van der Waals surface area contributed by atoms with Gasteiger partial charge < -0.3 is 0 Å². The molecule has 36 valence electrons. The highest BCUT2D eigenvalue weighted by Gasteiger charge is 2.20. The molecule has 1 rings (SSSR count). The summed E-state index contributed by atoms with van der Waals surface area (Å²) in [5.41, 5.74) is 0. The Morgan fingerprint density at radius 2 is 1.83 bits per heavy atom. The van der Waals surface area contributed by atoms with E-state index in [9.17, 15) is 8.42 Å². The second kappa shape index (κ2) is 0.946. The molecule has 0 spiro atoms. The van der Waals surface area contributed by atoms with Crippen molar-refractivity contribution in [3.05, 3.63) is 0 Å². The molecule has 1 aliphatic rings. The lowest BCUT2D eigenvalue weighted by atomic mass is 10.9. The van der Waals surface area contributed by atoms with Gasteiger partial charge in [-0.05, 0) is 0 Å². The molecule has 0 aliphatic carbocycles. The van der Waals surface area contributed by atoms with Crippen LogP contribution in [0.5, 0.6) is 0 Å². The molecule has 0 radical (unpaired) electrons. The van der Waals surface area contributed by atoms with E-state index in [1.165, 1.54) is 0 Å². The minimum atomic E-state index is -2.98. The molecule has 6 heavy (non-hydrogen) atoms. The monoisotopic (exact) mass is 108 g/mol. The summed E-state index contributed by atoms with van der Waals surface area (Å²) < 4.78 is 23.8. The Bertz CT molecular complexity index is 123. The maximum Gasteiger partial charge on any atom is 0.269 e. The molecule has 0 N–H and O–H groups in total. The molecule has 1 fully saturated rings.